The fraction of sp³-hybridized carbons (Fsp3) is 0.400. The molecule has 0 aliphatic rings. The van der Waals surface area contributed by atoms with Gasteiger partial charge in [0.05, 0.1) is 0 Å². The van der Waals surface area contributed by atoms with E-state index in [4.69, 9.17) is 10.8 Å². The fourth-order valence-corrected chi connectivity index (χ4v) is 1.81. The molecule has 86 valence electrons. The summed E-state index contributed by atoms with van der Waals surface area (Å²) in [6.45, 7) is 0.112. The second-order valence-corrected chi connectivity index (χ2v) is 3.99. The van der Waals surface area contributed by atoms with E-state index in [-0.39, 0.29) is 30.9 Å². The highest BCUT2D eigenvalue weighted by Gasteiger charge is 2.10. The third-order valence-electron chi connectivity index (χ3n) is 2.03. The molecule has 1 aromatic rings. The number of aliphatic hydroxyl groups excluding tert-OH is 1. The number of benzene rings is 1. The third kappa shape index (κ3) is 4.47. The second kappa shape index (κ2) is 7.17. The van der Waals surface area contributed by atoms with Gasteiger partial charge in [-0.15, -0.1) is 12.4 Å². The van der Waals surface area contributed by atoms with E-state index in [0.717, 1.165) is 10.0 Å². The zero-order chi connectivity index (χ0) is 10.6. The molecule has 2 nitrogen and oxygen atoms in total. The van der Waals surface area contributed by atoms with Crippen molar-refractivity contribution < 1.29 is 9.50 Å². The fourth-order valence-electron chi connectivity index (χ4n) is 1.27. The first-order chi connectivity index (χ1) is 6.65. The van der Waals surface area contributed by atoms with Crippen LogP contribution < -0.4 is 5.73 Å². The molecular weight excluding hydrogens is 284 g/mol. The minimum atomic E-state index is -0.289. The number of aliphatic hydroxyl groups is 1. The van der Waals surface area contributed by atoms with Gasteiger partial charge >= 0.3 is 0 Å². The summed E-state index contributed by atoms with van der Waals surface area (Å²) in [5, 5.41) is 8.64. The Balaban J connectivity index is 0.00000196. The van der Waals surface area contributed by atoms with Gasteiger partial charge < -0.3 is 10.8 Å². The molecule has 0 aliphatic carbocycles. The predicted molar refractivity (Wildman–Crippen MR) is 64.6 cm³/mol. The van der Waals surface area contributed by atoms with Gasteiger partial charge in [0.15, 0.2) is 0 Å². The minimum absolute atomic E-state index is 0. The van der Waals surface area contributed by atoms with Crippen molar-refractivity contribution in [2.24, 2.45) is 5.73 Å². The van der Waals surface area contributed by atoms with Crippen molar-refractivity contribution in [1.29, 1.82) is 0 Å². The summed E-state index contributed by atoms with van der Waals surface area (Å²) in [7, 11) is 0. The quantitative estimate of drug-likeness (QED) is 0.898. The highest BCUT2D eigenvalue weighted by atomic mass is 79.9. The number of halogens is 3. The molecule has 0 spiro atoms. The molecule has 0 bridgehead atoms. The van der Waals surface area contributed by atoms with Crippen LogP contribution in [-0.2, 0) is 0 Å². The molecular formula is C10H14BrClFNO. The van der Waals surface area contributed by atoms with Crippen LogP contribution in [0.15, 0.2) is 22.7 Å². The number of hydrogen-bond acceptors (Lipinski definition) is 2. The maximum absolute atomic E-state index is 12.9. The minimum Gasteiger partial charge on any atom is -0.396 e. The van der Waals surface area contributed by atoms with Crippen molar-refractivity contribution in [2.45, 2.75) is 18.9 Å². The number of hydrogen-bond donors (Lipinski definition) is 2. The Morgan fingerprint density at radius 2 is 2.13 bits per heavy atom. The normalized spacial score (nSPS) is 12.0. The SMILES string of the molecule is Cl.N[C@H](CCCO)c1cc(F)ccc1Br. The predicted octanol–water partition coefficient (Wildman–Crippen LogP) is 2.78. The first-order valence-electron chi connectivity index (χ1n) is 4.46. The van der Waals surface area contributed by atoms with Crippen molar-refractivity contribution in [1.82, 2.24) is 0 Å². The van der Waals surface area contributed by atoms with Crippen molar-refractivity contribution >= 4 is 28.3 Å². The summed E-state index contributed by atoms with van der Waals surface area (Å²) in [4.78, 5) is 0. The lowest BCUT2D eigenvalue weighted by Crippen LogP contribution is -2.11. The number of nitrogens with two attached hydrogens (primary N) is 1. The highest BCUT2D eigenvalue weighted by Crippen LogP contribution is 2.25. The molecule has 0 unspecified atom stereocenters. The van der Waals surface area contributed by atoms with Crippen molar-refractivity contribution in [2.75, 3.05) is 6.61 Å². The lowest BCUT2D eigenvalue weighted by atomic mass is 10.0. The molecule has 1 aromatic carbocycles. The van der Waals surface area contributed by atoms with Crippen LogP contribution in [0.3, 0.4) is 0 Å². The molecule has 0 aliphatic heterocycles. The van der Waals surface area contributed by atoms with Gasteiger partial charge in [-0.05, 0) is 36.6 Å². The first kappa shape index (κ1) is 14.8. The number of rotatable bonds is 4. The average molecular weight is 299 g/mol. The Bertz CT molecular complexity index is 311. The monoisotopic (exact) mass is 297 g/mol. The van der Waals surface area contributed by atoms with E-state index < -0.39 is 0 Å². The van der Waals surface area contributed by atoms with Crippen molar-refractivity contribution in [3.8, 4) is 0 Å². The second-order valence-electron chi connectivity index (χ2n) is 3.14. The molecule has 0 heterocycles. The summed E-state index contributed by atoms with van der Waals surface area (Å²) in [6.07, 6.45) is 1.28. The van der Waals surface area contributed by atoms with Gasteiger partial charge in [0.2, 0.25) is 0 Å². The Morgan fingerprint density at radius 3 is 2.73 bits per heavy atom. The molecule has 0 radical (unpaired) electrons. The Morgan fingerprint density at radius 1 is 1.47 bits per heavy atom. The van der Waals surface area contributed by atoms with Crippen LogP contribution in [0.4, 0.5) is 4.39 Å². The third-order valence-corrected chi connectivity index (χ3v) is 2.75. The summed E-state index contributed by atoms with van der Waals surface area (Å²) >= 11 is 3.31. The molecule has 1 rings (SSSR count). The van der Waals surface area contributed by atoms with Gasteiger partial charge in [-0.1, -0.05) is 15.9 Å². The van der Waals surface area contributed by atoms with E-state index in [1.54, 1.807) is 6.07 Å². The standard InChI is InChI=1S/C10H13BrFNO.ClH/c11-9-4-3-7(12)6-8(9)10(13)2-1-5-14;/h3-4,6,10,14H,1-2,5,13H2;1H/t10-;/m1./s1. The van der Waals surface area contributed by atoms with Crippen LogP contribution in [0.2, 0.25) is 0 Å². The van der Waals surface area contributed by atoms with Gasteiger partial charge in [0.25, 0.3) is 0 Å². The van der Waals surface area contributed by atoms with Crippen molar-refractivity contribution in [3.63, 3.8) is 0 Å². The van der Waals surface area contributed by atoms with Gasteiger partial charge in [-0.3, -0.25) is 0 Å². The average Bonchev–Trinajstić information content (AvgIpc) is 2.18. The lowest BCUT2D eigenvalue weighted by Gasteiger charge is -2.13. The van der Waals surface area contributed by atoms with E-state index in [2.05, 4.69) is 15.9 Å². The largest absolute Gasteiger partial charge is 0.396 e. The van der Waals surface area contributed by atoms with Crippen LogP contribution in [0, 0.1) is 5.82 Å². The summed E-state index contributed by atoms with van der Waals surface area (Å²) in [5.41, 5.74) is 6.59. The van der Waals surface area contributed by atoms with Crippen LogP contribution >= 0.6 is 28.3 Å². The highest BCUT2D eigenvalue weighted by molar-refractivity contribution is 9.10. The van der Waals surface area contributed by atoms with Crippen LogP contribution in [-0.4, -0.2) is 11.7 Å². The molecule has 3 N–H and O–H groups in total. The summed E-state index contributed by atoms with van der Waals surface area (Å²) < 4.78 is 13.7. The van der Waals surface area contributed by atoms with Gasteiger partial charge in [0, 0.05) is 17.1 Å². The van der Waals surface area contributed by atoms with Gasteiger partial charge in [-0.2, -0.15) is 0 Å². The van der Waals surface area contributed by atoms with Crippen LogP contribution in [0.5, 0.6) is 0 Å². The van der Waals surface area contributed by atoms with E-state index in [1.165, 1.54) is 12.1 Å². The Labute approximate surface area is 103 Å². The molecule has 0 fully saturated rings. The molecule has 1 atom stereocenters. The van der Waals surface area contributed by atoms with Crippen LogP contribution in [0.25, 0.3) is 0 Å². The van der Waals surface area contributed by atoms with Crippen LogP contribution in [0.1, 0.15) is 24.4 Å². The molecule has 15 heavy (non-hydrogen) atoms. The van der Waals surface area contributed by atoms with Gasteiger partial charge in [-0.25, -0.2) is 4.39 Å². The Hall–Kier alpha value is -0.160. The van der Waals surface area contributed by atoms with E-state index in [1.807, 2.05) is 0 Å². The molecule has 0 saturated heterocycles. The van der Waals surface area contributed by atoms with E-state index >= 15 is 0 Å². The molecule has 5 heteroatoms. The smallest absolute Gasteiger partial charge is 0.123 e. The molecule has 0 amide bonds. The molecule has 0 aromatic heterocycles. The maximum atomic E-state index is 12.9. The summed E-state index contributed by atoms with van der Waals surface area (Å²) in [6, 6.07) is 4.22. The van der Waals surface area contributed by atoms with E-state index in [9.17, 15) is 4.39 Å². The van der Waals surface area contributed by atoms with E-state index in [0.29, 0.717) is 12.8 Å². The lowest BCUT2D eigenvalue weighted by molar-refractivity contribution is 0.280. The van der Waals surface area contributed by atoms with Crippen molar-refractivity contribution in [3.05, 3.63) is 34.1 Å². The Kier molecular flexibility index (Phi) is 7.09. The maximum Gasteiger partial charge on any atom is 0.123 e. The topological polar surface area (TPSA) is 46.2 Å². The zero-order valence-corrected chi connectivity index (χ0v) is 10.5. The van der Waals surface area contributed by atoms with Gasteiger partial charge in [0.1, 0.15) is 5.82 Å². The molecule has 0 saturated carbocycles. The zero-order valence-electron chi connectivity index (χ0n) is 8.12. The summed E-state index contributed by atoms with van der Waals surface area (Å²) in [5.74, 6) is -0.289. The first-order valence-corrected chi connectivity index (χ1v) is 5.26.